The zero-order valence-corrected chi connectivity index (χ0v) is 10.5. The lowest BCUT2D eigenvalue weighted by Gasteiger charge is -2.05. The number of nitro benzene ring substituents is 1. The average molecular weight is 282 g/mol. The molecule has 0 N–H and O–H groups in total. The molecule has 0 aliphatic heterocycles. The number of hydrogen-bond donors (Lipinski definition) is 0. The van der Waals surface area contributed by atoms with Crippen molar-refractivity contribution in [1.82, 2.24) is 0 Å². The fraction of sp³-hybridized carbons (Fsp3) is 0.0833. The summed E-state index contributed by atoms with van der Waals surface area (Å²) in [6, 6.07) is 7.05. The van der Waals surface area contributed by atoms with Crippen LogP contribution in [-0.4, -0.2) is 17.3 Å². The van der Waals surface area contributed by atoms with Crippen LogP contribution in [0.15, 0.2) is 34.7 Å². The van der Waals surface area contributed by atoms with Crippen LogP contribution in [0.2, 0.25) is 0 Å². The molecule has 0 unspecified atom stereocenters. The number of halogens is 1. The molecule has 1 aromatic carbocycles. The first-order valence-corrected chi connectivity index (χ1v) is 5.53. The smallest absolute Gasteiger partial charge is 0.287 e. The second-order valence-electron chi connectivity index (χ2n) is 3.58. The Morgan fingerprint density at radius 3 is 2.63 bits per heavy atom. The summed E-state index contributed by atoms with van der Waals surface area (Å²) in [5, 5.41) is 9.96. The predicted octanol–water partition coefficient (Wildman–Crippen LogP) is 3.24. The second-order valence-corrected chi connectivity index (χ2v) is 3.92. The highest BCUT2D eigenvalue weighted by Crippen LogP contribution is 2.34. The number of methoxy groups -OCH3 is 1. The van der Waals surface area contributed by atoms with E-state index in [0.29, 0.717) is 11.3 Å². The van der Waals surface area contributed by atoms with E-state index in [0.717, 1.165) is 0 Å². The van der Waals surface area contributed by atoms with E-state index in [-0.39, 0.29) is 17.2 Å². The molecule has 19 heavy (non-hydrogen) atoms. The first-order valence-electron chi connectivity index (χ1n) is 5.15. The Kier molecular flexibility index (Phi) is 3.52. The number of non-ortho nitro benzene ring substituents is 1. The molecule has 0 amide bonds. The number of hydrogen-bond acceptors (Lipinski definition) is 5. The molecule has 0 saturated heterocycles. The molecule has 0 spiro atoms. The molecule has 2 rings (SSSR count). The third-order valence-electron chi connectivity index (χ3n) is 2.46. The van der Waals surface area contributed by atoms with Gasteiger partial charge in [0.15, 0.2) is 5.76 Å². The number of carbonyl (C=O) groups is 1. The lowest BCUT2D eigenvalue weighted by Crippen LogP contribution is -1.92. The third kappa shape index (κ3) is 2.58. The van der Waals surface area contributed by atoms with Gasteiger partial charge in [-0.25, -0.2) is 0 Å². The maximum atomic E-state index is 10.9. The fourth-order valence-corrected chi connectivity index (χ4v) is 1.69. The average Bonchev–Trinajstić information content (AvgIpc) is 2.87. The summed E-state index contributed by atoms with van der Waals surface area (Å²) in [4.78, 5) is 21.1. The summed E-state index contributed by atoms with van der Waals surface area (Å²) in [5.41, 5.74) is 0.401. The summed E-state index contributed by atoms with van der Waals surface area (Å²) in [6.45, 7) is 0. The zero-order chi connectivity index (χ0) is 14.0. The number of nitro groups is 1. The van der Waals surface area contributed by atoms with E-state index in [4.69, 9.17) is 20.8 Å². The molecule has 0 aliphatic rings. The highest BCUT2D eigenvalue weighted by atomic mass is 35.5. The normalized spacial score (nSPS) is 10.2. The second kappa shape index (κ2) is 5.11. The van der Waals surface area contributed by atoms with Crippen molar-refractivity contribution < 1.29 is 18.9 Å². The van der Waals surface area contributed by atoms with Crippen molar-refractivity contribution in [3.8, 4) is 17.1 Å². The molecule has 98 valence electrons. The molecule has 6 nitrogen and oxygen atoms in total. The largest absolute Gasteiger partial charge is 0.496 e. The number of nitrogens with zero attached hydrogens (tertiary/aromatic N) is 1. The summed E-state index contributed by atoms with van der Waals surface area (Å²) >= 11 is 5.29. The molecule has 1 heterocycles. The molecule has 0 fully saturated rings. The summed E-state index contributed by atoms with van der Waals surface area (Å²) < 4.78 is 10.3. The van der Waals surface area contributed by atoms with Gasteiger partial charge in [0, 0.05) is 6.07 Å². The summed E-state index contributed by atoms with van der Waals surface area (Å²) in [5.74, 6) is 0.616. The van der Waals surface area contributed by atoms with Crippen molar-refractivity contribution in [3.05, 3.63) is 46.2 Å². The quantitative estimate of drug-likeness (QED) is 0.488. The van der Waals surface area contributed by atoms with E-state index in [2.05, 4.69) is 0 Å². The van der Waals surface area contributed by atoms with Gasteiger partial charge >= 0.3 is 0 Å². The molecule has 1 aromatic heterocycles. The van der Waals surface area contributed by atoms with Gasteiger partial charge in [0.1, 0.15) is 11.5 Å². The Morgan fingerprint density at radius 1 is 1.37 bits per heavy atom. The van der Waals surface area contributed by atoms with Crippen LogP contribution in [0, 0.1) is 10.1 Å². The molecule has 0 aliphatic carbocycles. The number of ether oxygens (including phenoxy) is 1. The fourth-order valence-electron chi connectivity index (χ4n) is 1.59. The van der Waals surface area contributed by atoms with E-state index in [1.807, 2.05) is 0 Å². The Bertz CT molecular complexity index is 649. The minimum absolute atomic E-state index is 0.00271. The maximum Gasteiger partial charge on any atom is 0.287 e. The maximum absolute atomic E-state index is 10.9. The van der Waals surface area contributed by atoms with Gasteiger partial charge in [-0.1, -0.05) is 0 Å². The van der Waals surface area contributed by atoms with E-state index >= 15 is 0 Å². The van der Waals surface area contributed by atoms with Crippen LogP contribution in [0.1, 0.15) is 10.6 Å². The van der Waals surface area contributed by atoms with Crippen molar-refractivity contribution in [2.75, 3.05) is 7.11 Å². The van der Waals surface area contributed by atoms with Crippen LogP contribution in [0.3, 0.4) is 0 Å². The molecule has 0 bridgehead atoms. The van der Waals surface area contributed by atoms with Crippen molar-refractivity contribution in [3.63, 3.8) is 0 Å². The van der Waals surface area contributed by atoms with Crippen LogP contribution in [0.25, 0.3) is 11.3 Å². The Balaban J connectivity index is 2.48. The first-order chi connectivity index (χ1) is 9.02. The summed E-state index contributed by atoms with van der Waals surface area (Å²) in [6.07, 6.45) is 0. The van der Waals surface area contributed by atoms with Crippen LogP contribution in [0.5, 0.6) is 5.75 Å². The van der Waals surface area contributed by atoms with Crippen LogP contribution >= 0.6 is 11.6 Å². The van der Waals surface area contributed by atoms with Gasteiger partial charge < -0.3 is 9.15 Å². The molecular formula is C12H8ClNO5. The number of benzene rings is 1. The first kappa shape index (κ1) is 13.1. The topological polar surface area (TPSA) is 82.6 Å². The lowest BCUT2D eigenvalue weighted by atomic mass is 10.1. The standard InChI is InChI=1S/C12H8ClNO5/c1-18-11-6-7(14(16)17)2-3-8(11)9-4-5-10(19-9)12(13)15/h2-6H,1H3. The van der Waals surface area contributed by atoms with Gasteiger partial charge in [-0.05, 0) is 29.8 Å². The minimum atomic E-state index is -0.716. The molecule has 0 saturated carbocycles. The van der Waals surface area contributed by atoms with Crippen molar-refractivity contribution in [2.24, 2.45) is 0 Å². The molecular weight excluding hydrogens is 274 g/mol. The van der Waals surface area contributed by atoms with Gasteiger partial charge in [-0.3, -0.25) is 14.9 Å². The van der Waals surface area contributed by atoms with Gasteiger partial charge in [-0.2, -0.15) is 0 Å². The minimum Gasteiger partial charge on any atom is -0.496 e. The Hall–Kier alpha value is -2.34. The highest BCUT2D eigenvalue weighted by Gasteiger charge is 2.16. The molecule has 0 atom stereocenters. The monoisotopic (exact) mass is 281 g/mol. The highest BCUT2D eigenvalue weighted by molar-refractivity contribution is 6.67. The Morgan fingerprint density at radius 2 is 2.11 bits per heavy atom. The number of furan rings is 1. The van der Waals surface area contributed by atoms with Gasteiger partial charge in [0.25, 0.3) is 10.9 Å². The predicted molar refractivity (Wildman–Crippen MR) is 67.5 cm³/mol. The van der Waals surface area contributed by atoms with E-state index in [9.17, 15) is 14.9 Å². The van der Waals surface area contributed by atoms with Crippen molar-refractivity contribution in [1.29, 1.82) is 0 Å². The van der Waals surface area contributed by atoms with Crippen LogP contribution < -0.4 is 4.74 Å². The number of rotatable bonds is 4. The van der Waals surface area contributed by atoms with Gasteiger partial charge in [0.2, 0.25) is 0 Å². The van der Waals surface area contributed by atoms with Gasteiger partial charge in [-0.15, -0.1) is 0 Å². The van der Waals surface area contributed by atoms with E-state index < -0.39 is 10.2 Å². The van der Waals surface area contributed by atoms with Crippen molar-refractivity contribution in [2.45, 2.75) is 0 Å². The summed E-state index contributed by atoms with van der Waals surface area (Å²) in [7, 11) is 1.39. The van der Waals surface area contributed by atoms with Crippen LogP contribution in [-0.2, 0) is 0 Å². The van der Waals surface area contributed by atoms with Crippen molar-refractivity contribution >= 4 is 22.5 Å². The molecule has 0 radical (unpaired) electrons. The van der Waals surface area contributed by atoms with E-state index in [1.54, 1.807) is 6.07 Å². The van der Waals surface area contributed by atoms with Crippen LogP contribution in [0.4, 0.5) is 5.69 Å². The number of carbonyl (C=O) groups excluding carboxylic acids is 1. The molecule has 7 heteroatoms. The van der Waals surface area contributed by atoms with E-state index in [1.165, 1.54) is 31.4 Å². The Labute approximate surface area is 112 Å². The molecule has 2 aromatic rings. The van der Waals surface area contributed by atoms with Gasteiger partial charge in [0.05, 0.1) is 23.7 Å². The zero-order valence-electron chi connectivity index (χ0n) is 9.75. The third-order valence-corrected chi connectivity index (χ3v) is 2.65. The SMILES string of the molecule is COc1cc([N+](=O)[O-])ccc1-c1ccc(C(=O)Cl)o1. The lowest BCUT2D eigenvalue weighted by molar-refractivity contribution is -0.384.